The van der Waals surface area contributed by atoms with Gasteiger partial charge in [0, 0.05) is 41.4 Å². The number of benzene rings is 2. The van der Waals surface area contributed by atoms with E-state index in [0.717, 1.165) is 11.3 Å². The van der Waals surface area contributed by atoms with Crippen molar-refractivity contribution < 1.29 is 17.5 Å². The van der Waals surface area contributed by atoms with Gasteiger partial charge in [-0.3, -0.25) is 5.10 Å². The lowest BCUT2D eigenvalue weighted by molar-refractivity contribution is 0.377. The lowest BCUT2D eigenvalue weighted by Crippen LogP contribution is -2.36. The summed E-state index contributed by atoms with van der Waals surface area (Å²) in [6.45, 7) is 0.384. The average Bonchev–Trinajstić information content (AvgIpc) is 3.13. The van der Waals surface area contributed by atoms with Crippen LogP contribution in [0.5, 0.6) is 5.75 Å². The molecule has 1 aliphatic heterocycles. The number of halogens is 2. The largest absolute Gasteiger partial charge is 0.495 e. The Morgan fingerprint density at radius 2 is 2.07 bits per heavy atom. The molecule has 4 rings (SSSR count). The molecule has 0 unspecified atom stereocenters. The number of hydrogen-bond donors (Lipinski definition) is 2. The molecule has 0 saturated heterocycles. The van der Waals surface area contributed by atoms with Crippen molar-refractivity contribution >= 4 is 27.3 Å². The Morgan fingerprint density at radius 3 is 2.79 bits per heavy atom. The highest BCUT2D eigenvalue weighted by Gasteiger charge is 2.33. The van der Waals surface area contributed by atoms with Crippen LogP contribution >= 0.6 is 11.6 Å². The molecular formula is C19H18ClFN4O3S. The summed E-state index contributed by atoms with van der Waals surface area (Å²) in [4.78, 5) is 0.00650. The van der Waals surface area contributed by atoms with Crippen LogP contribution in [0, 0.1) is 5.82 Å². The van der Waals surface area contributed by atoms with E-state index in [0.29, 0.717) is 22.7 Å². The molecule has 1 aromatic heterocycles. The van der Waals surface area contributed by atoms with E-state index in [1.165, 1.54) is 35.7 Å². The standard InChI is InChI=1S/C19H18ClFN4O3S/c1-28-17-5-3-12(20)9-18(17)29(26,27)25-7-6-16-13(10-25)19(24-23-16)11-2-4-14(21)15(22)8-11/h2-5,8-9H,6-7,10,22H2,1H3,(H,23,24). The van der Waals surface area contributed by atoms with Gasteiger partial charge in [0.15, 0.2) is 0 Å². The molecule has 0 radical (unpaired) electrons. The van der Waals surface area contributed by atoms with Gasteiger partial charge in [-0.05, 0) is 36.4 Å². The second-order valence-corrected chi connectivity index (χ2v) is 8.99. The lowest BCUT2D eigenvalue weighted by atomic mass is 10.0. The van der Waals surface area contributed by atoms with Gasteiger partial charge in [-0.15, -0.1) is 0 Å². The first-order chi connectivity index (χ1) is 13.8. The number of aromatic nitrogens is 2. The Balaban J connectivity index is 1.73. The number of nitrogen functional groups attached to an aromatic ring is 1. The van der Waals surface area contributed by atoms with Gasteiger partial charge in [0.25, 0.3) is 0 Å². The maximum Gasteiger partial charge on any atom is 0.247 e. The summed E-state index contributed by atoms with van der Waals surface area (Å²) in [5.41, 5.74) is 8.41. The van der Waals surface area contributed by atoms with Crippen molar-refractivity contribution in [2.75, 3.05) is 19.4 Å². The molecule has 1 aliphatic rings. The Bertz CT molecular complexity index is 1200. The number of anilines is 1. The monoisotopic (exact) mass is 436 g/mol. The molecule has 2 aromatic carbocycles. The van der Waals surface area contributed by atoms with Crippen molar-refractivity contribution in [3.8, 4) is 17.0 Å². The number of nitrogens with zero attached hydrogens (tertiary/aromatic N) is 2. The highest BCUT2D eigenvalue weighted by molar-refractivity contribution is 7.89. The number of hydrogen-bond acceptors (Lipinski definition) is 5. The third-order valence-corrected chi connectivity index (χ3v) is 7.01. The number of nitrogens with one attached hydrogen (secondary N) is 1. The van der Waals surface area contributed by atoms with Gasteiger partial charge >= 0.3 is 0 Å². The number of nitrogens with two attached hydrogens (primary N) is 1. The second-order valence-electron chi connectivity index (χ2n) is 6.65. The second kappa shape index (κ2) is 7.33. The topological polar surface area (TPSA) is 101 Å². The van der Waals surface area contributed by atoms with Crippen molar-refractivity contribution in [1.29, 1.82) is 0 Å². The van der Waals surface area contributed by atoms with Crippen LogP contribution in [0.2, 0.25) is 5.02 Å². The maximum absolute atomic E-state index is 13.5. The van der Waals surface area contributed by atoms with Gasteiger partial charge in [-0.25, -0.2) is 12.8 Å². The minimum Gasteiger partial charge on any atom is -0.495 e. The highest BCUT2D eigenvalue weighted by atomic mass is 35.5. The first-order valence-corrected chi connectivity index (χ1v) is 10.6. The summed E-state index contributed by atoms with van der Waals surface area (Å²) < 4.78 is 46.7. The van der Waals surface area contributed by atoms with Crippen molar-refractivity contribution in [2.24, 2.45) is 0 Å². The van der Waals surface area contributed by atoms with Crippen LogP contribution in [0.4, 0.5) is 10.1 Å². The van der Waals surface area contributed by atoms with Crippen LogP contribution in [0.15, 0.2) is 41.3 Å². The molecule has 0 aliphatic carbocycles. The molecule has 0 spiro atoms. The van der Waals surface area contributed by atoms with Crippen LogP contribution in [-0.4, -0.2) is 36.6 Å². The van der Waals surface area contributed by atoms with Crippen LogP contribution in [-0.2, 0) is 23.0 Å². The predicted molar refractivity (Wildman–Crippen MR) is 108 cm³/mol. The fourth-order valence-corrected chi connectivity index (χ4v) is 5.22. The molecule has 10 heteroatoms. The Hall–Kier alpha value is -2.62. The van der Waals surface area contributed by atoms with Gasteiger partial charge in [0.2, 0.25) is 10.0 Å². The zero-order chi connectivity index (χ0) is 20.8. The minimum atomic E-state index is -3.86. The number of sulfonamides is 1. The maximum atomic E-state index is 13.5. The van der Waals surface area contributed by atoms with Crippen molar-refractivity contribution in [3.05, 3.63) is 58.5 Å². The van der Waals surface area contributed by atoms with Crippen molar-refractivity contribution in [1.82, 2.24) is 14.5 Å². The molecule has 0 bridgehead atoms. The molecule has 152 valence electrons. The summed E-state index contributed by atoms with van der Waals surface area (Å²) in [6, 6.07) is 8.78. The minimum absolute atomic E-state index is 0.00296. The zero-order valence-corrected chi connectivity index (χ0v) is 17.0. The van der Waals surface area contributed by atoms with Crippen LogP contribution < -0.4 is 10.5 Å². The highest BCUT2D eigenvalue weighted by Crippen LogP contribution is 2.35. The summed E-state index contributed by atoms with van der Waals surface area (Å²) in [6.07, 6.45) is 0.459. The zero-order valence-electron chi connectivity index (χ0n) is 15.4. The molecule has 29 heavy (non-hydrogen) atoms. The number of aromatic amines is 1. The molecule has 7 nitrogen and oxygen atoms in total. The van der Waals surface area contributed by atoms with Crippen LogP contribution in [0.25, 0.3) is 11.3 Å². The summed E-state index contributed by atoms with van der Waals surface area (Å²) in [5.74, 6) is -0.297. The first kappa shape index (κ1) is 19.7. The van der Waals surface area contributed by atoms with E-state index in [1.54, 1.807) is 12.1 Å². The molecule has 2 heterocycles. The SMILES string of the molecule is COc1ccc(Cl)cc1S(=O)(=O)N1CCc2[nH]nc(-c3ccc(F)c(N)c3)c2C1. The van der Waals surface area contributed by atoms with E-state index in [2.05, 4.69) is 10.2 Å². The van der Waals surface area contributed by atoms with E-state index in [1.807, 2.05) is 0 Å². The van der Waals surface area contributed by atoms with E-state index >= 15 is 0 Å². The third kappa shape index (κ3) is 3.45. The number of ether oxygens (including phenoxy) is 1. The fraction of sp³-hybridized carbons (Fsp3) is 0.211. The number of rotatable bonds is 4. The normalized spacial score (nSPS) is 14.6. The van der Waals surface area contributed by atoms with Crippen LogP contribution in [0.1, 0.15) is 11.3 Å². The van der Waals surface area contributed by atoms with Gasteiger partial charge in [0.1, 0.15) is 16.5 Å². The van der Waals surface area contributed by atoms with E-state index in [4.69, 9.17) is 22.1 Å². The average molecular weight is 437 g/mol. The quantitative estimate of drug-likeness (QED) is 0.611. The number of fused-ring (bicyclic) bond motifs is 1. The molecule has 0 atom stereocenters. The molecule has 3 aromatic rings. The third-order valence-electron chi connectivity index (χ3n) is 4.91. The van der Waals surface area contributed by atoms with Gasteiger partial charge in [-0.1, -0.05) is 11.6 Å². The van der Waals surface area contributed by atoms with Gasteiger partial charge in [-0.2, -0.15) is 9.40 Å². The number of methoxy groups -OCH3 is 1. The summed E-state index contributed by atoms with van der Waals surface area (Å²) in [5, 5.41) is 7.55. The molecule has 3 N–H and O–H groups in total. The molecule has 0 amide bonds. The van der Waals surface area contributed by atoms with E-state index in [-0.39, 0.29) is 29.4 Å². The smallest absolute Gasteiger partial charge is 0.247 e. The van der Waals surface area contributed by atoms with Crippen LogP contribution in [0.3, 0.4) is 0 Å². The lowest BCUT2D eigenvalue weighted by Gasteiger charge is -2.27. The Labute approximate surface area is 172 Å². The Kier molecular flexibility index (Phi) is 4.97. The first-order valence-electron chi connectivity index (χ1n) is 8.76. The fourth-order valence-electron chi connectivity index (χ4n) is 3.40. The molecular weight excluding hydrogens is 419 g/mol. The van der Waals surface area contributed by atoms with E-state index < -0.39 is 15.8 Å². The molecule has 0 saturated carbocycles. The predicted octanol–water partition coefficient (Wildman–Crippen LogP) is 3.21. The van der Waals surface area contributed by atoms with Crippen molar-refractivity contribution in [3.63, 3.8) is 0 Å². The molecule has 0 fully saturated rings. The Morgan fingerprint density at radius 1 is 1.28 bits per heavy atom. The summed E-state index contributed by atoms with van der Waals surface area (Å²) >= 11 is 6.02. The number of H-pyrrole nitrogens is 1. The van der Waals surface area contributed by atoms with Crippen molar-refractivity contribution in [2.45, 2.75) is 17.9 Å². The van der Waals surface area contributed by atoms with Gasteiger partial charge < -0.3 is 10.5 Å². The van der Waals surface area contributed by atoms with E-state index in [9.17, 15) is 12.8 Å². The summed E-state index contributed by atoms with van der Waals surface area (Å²) in [7, 11) is -2.46. The van der Waals surface area contributed by atoms with Gasteiger partial charge in [0.05, 0.1) is 18.5 Å².